The van der Waals surface area contributed by atoms with Crippen LogP contribution in [0.2, 0.25) is 0 Å². The van der Waals surface area contributed by atoms with Crippen molar-refractivity contribution in [3.63, 3.8) is 0 Å². The van der Waals surface area contributed by atoms with Gasteiger partial charge in [0.2, 0.25) is 0 Å². The van der Waals surface area contributed by atoms with E-state index in [2.05, 4.69) is 5.32 Å². The normalized spacial score (nSPS) is 13.3. The second-order valence-electron chi connectivity index (χ2n) is 4.38. The van der Waals surface area contributed by atoms with Gasteiger partial charge in [0.05, 0.1) is 12.9 Å². The van der Waals surface area contributed by atoms with E-state index in [0.717, 1.165) is 5.56 Å². The minimum atomic E-state index is -2.97. The van der Waals surface area contributed by atoms with E-state index in [-0.39, 0.29) is 17.5 Å². The third-order valence-corrected chi connectivity index (χ3v) is 3.56. The minimum Gasteiger partial charge on any atom is -0.504 e. The summed E-state index contributed by atoms with van der Waals surface area (Å²) in [6.07, 6.45) is 1.22. The third kappa shape index (κ3) is 4.93. The SMILES string of the molecule is COc1cc(CNC(C)CS(C)(=O)=O)ccc1O. The molecule has 0 amide bonds. The van der Waals surface area contributed by atoms with Gasteiger partial charge in [-0.1, -0.05) is 6.07 Å². The molecule has 0 aliphatic heterocycles. The lowest BCUT2D eigenvalue weighted by molar-refractivity contribution is 0.372. The van der Waals surface area contributed by atoms with Crippen molar-refractivity contribution in [2.75, 3.05) is 19.1 Å². The molecule has 5 nitrogen and oxygen atoms in total. The quantitative estimate of drug-likeness (QED) is 0.806. The predicted octanol–water partition coefficient (Wildman–Crippen LogP) is 0.923. The molecule has 1 aromatic rings. The van der Waals surface area contributed by atoms with E-state index in [4.69, 9.17) is 4.74 Å². The Labute approximate surface area is 108 Å². The van der Waals surface area contributed by atoms with Crippen molar-refractivity contribution >= 4 is 9.84 Å². The average molecular weight is 273 g/mol. The van der Waals surface area contributed by atoms with Crippen LogP contribution >= 0.6 is 0 Å². The zero-order chi connectivity index (χ0) is 13.8. The summed E-state index contributed by atoms with van der Waals surface area (Å²) in [5.41, 5.74) is 0.921. The maximum atomic E-state index is 11.1. The van der Waals surface area contributed by atoms with E-state index in [1.807, 2.05) is 6.92 Å². The topological polar surface area (TPSA) is 75.6 Å². The number of sulfone groups is 1. The van der Waals surface area contributed by atoms with E-state index in [0.29, 0.717) is 12.3 Å². The number of phenolic OH excluding ortho intramolecular Hbond substituents is 1. The second-order valence-corrected chi connectivity index (χ2v) is 6.57. The monoisotopic (exact) mass is 273 g/mol. The standard InChI is InChI=1S/C12H19NO4S/c1-9(8-18(3,15)16)13-7-10-4-5-11(14)12(6-10)17-2/h4-6,9,13-14H,7-8H2,1-3H3. The van der Waals surface area contributed by atoms with Gasteiger partial charge < -0.3 is 15.2 Å². The van der Waals surface area contributed by atoms with Gasteiger partial charge in [-0.25, -0.2) is 8.42 Å². The molecule has 0 heterocycles. The minimum absolute atomic E-state index is 0.0884. The Balaban J connectivity index is 2.58. The molecule has 0 fully saturated rings. The highest BCUT2D eigenvalue weighted by atomic mass is 32.2. The van der Waals surface area contributed by atoms with Gasteiger partial charge in [-0.05, 0) is 24.6 Å². The van der Waals surface area contributed by atoms with Gasteiger partial charge in [-0.3, -0.25) is 0 Å². The summed E-state index contributed by atoms with van der Waals surface area (Å²) in [5.74, 6) is 0.595. The van der Waals surface area contributed by atoms with Crippen LogP contribution in [0.5, 0.6) is 11.5 Å². The Hall–Kier alpha value is -1.27. The molecule has 0 aliphatic rings. The summed E-state index contributed by atoms with van der Waals surface area (Å²) in [4.78, 5) is 0. The lowest BCUT2D eigenvalue weighted by Crippen LogP contribution is -2.32. The van der Waals surface area contributed by atoms with Crippen LogP contribution in [0.25, 0.3) is 0 Å². The summed E-state index contributed by atoms with van der Waals surface area (Å²) < 4.78 is 27.2. The Kier molecular flexibility index (Phi) is 4.98. The van der Waals surface area contributed by atoms with Crippen molar-refractivity contribution in [1.29, 1.82) is 0 Å². The van der Waals surface area contributed by atoms with Crippen LogP contribution in [0.4, 0.5) is 0 Å². The first-order chi connectivity index (χ1) is 8.31. The Bertz CT molecular complexity index is 499. The molecular formula is C12H19NO4S. The van der Waals surface area contributed by atoms with Gasteiger partial charge in [-0.2, -0.15) is 0 Å². The number of methoxy groups -OCH3 is 1. The van der Waals surface area contributed by atoms with Crippen molar-refractivity contribution < 1.29 is 18.3 Å². The van der Waals surface area contributed by atoms with Crippen LogP contribution in [0.15, 0.2) is 18.2 Å². The largest absolute Gasteiger partial charge is 0.504 e. The molecule has 1 aromatic carbocycles. The van der Waals surface area contributed by atoms with Crippen molar-refractivity contribution in [3.05, 3.63) is 23.8 Å². The van der Waals surface area contributed by atoms with Crippen LogP contribution in [-0.2, 0) is 16.4 Å². The number of hydrogen-bond donors (Lipinski definition) is 2. The van der Waals surface area contributed by atoms with Gasteiger partial charge in [0.25, 0.3) is 0 Å². The van der Waals surface area contributed by atoms with E-state index < -0.39 is 9.84 Å². The Morgan fingerprint density at radius 2 is 2.11 bits per heavy atom. The van der Waals surface area contributed by atoms with Crippen LogP contribution < -0.4 is 10.1 Å². The third-order valence-electron chi connectivity index (χ3n) is 2.45. The van der Waals surface area contributed by atoms with Gasteiger partial charge in [0.1, 0.15) is 9.84 Å². The first kappa shape index (κ1) is 14.8. The van der Waals surface area contributed by atoms with Gasteiger partial charge in [-0.15, -0.1) is 0 Å². The number of nitrogens with one attached hydrogen (secondary N) is 1. The molecule has 0 saturated heterocycles. The summed E-state index contributed by atoms with van der Waals surface area (Å²) in [6, 6.07) is 4.91. The molecule has 2 N–H and O–H groups in total. The molecule has 1 unspecified atom stereocenters. The molecule has 18 heavy (non-hydrogen) atoms. The maximum Gasteiger partial charge on any atom is 0.160 e. The average Bonchev–Trinajstić information content (AvgIpc) is 2.25. The number of hydrogen-bond acceptors (Lipinski definition) is 5. The van der Waals surface area contributed by atoms with E-state index in [1.165, 1.54) is 13.4 Å². The van der Waals surface area contributed by atoms with Gasteiger partial charge in [0.15, 0.2) is 11.5 Å². The number of benzene rings is 1. The first-order valence-electron chi connectivity index (χ1n) is 5.59. The number of rotatable bonds is 6. The zero-order valence-corrected chi connectivity index (χ0v) is 11.6. The highest BCUT2D eigenvalue weighted by molar-refractivity contribution is 7.90. The number of phenols is 1. The fourth-order valence-electron chi connectivity index (χ4n) is 1.64. The summed E-state index contributed by atoms with van der Waals surface area (Å²) in [6.45, 7) is 2.34. The smallest absolute Gasteiger partial charge is 0.160 e. The lowest BCUT2D eigenvalue weighted by atomic mass is 10.2. The van der Waals surface area contributed by atoms with E-state index in [1.54, 1.807) is 18.2 Å². The molecule has 0 bridgehead atoms. The Morgan fingerprint density at radius 3 is 2.67 bits per heavy atom. The van der Waals surface area contributed by atoms with Crippen molar-refractivity contribution in [3.8, 4) is 11.5 Å². The summed E-state index contributed by atoms with van der Waals surface area (Å²) in [7, 11) is -1.49. The molecular weight excluding hydrogens is 254 g/mol. The highest BCUT2D eigenvalue weighted by Gasteiger charge is 2.10. The van der Waals surface area contributed by atoms with Crippen molar-refractivity contribution in [2.45, 2.75) is 19.5 Å². The molecule has 102 valence electrons. The second kappa shape index (κ2) is 6.06. The fourth-order valence-corrected chi connectivity index (χ4v) is 2.66. The Morgan fingerprint density at radius 1 is 1.44 bits per heavy atom. The highest BCUT2D eigenvalue weighted by Crippen LogP contribution is 2.26. The molecule has 0 aromatic heterocycles. The molecule has 0 saturated carbocycles. The molecule has 0 radical (unpaired) electrons. The maximum absolute atomic E-state index is 11.1. The van der Waals surface area contributed by atoms with Crippen molar-refractivity contribution in [2.24, 2.45) is 0 Å². The number of aromatic hydroxyl groups is 1. The van der Waals surface area contributed by atoms with E-state index >= 15 is 0 Å². The van der Waals surface area contributed by atoms with Crippen molar-refractivity contribution in [1.82, 2.24) is 5.32 Å². The van der Waals surface area contributed by atoms with Crippen LogP contribution in [-0.4, -0.2) is 38.7 Å². The molecule has 0 aliphatic carbocycles. The summed E-state index contributed by atoms with van der Waals surface area (Å²) in [5, 5.41) is 12.6. The van der Waals surface area contributed by atoms with Crippen LogP contribution in [0.3, 0.4) is 0 Å². The molecule has 0 spiro atoms. The van der Waals surface area contributed by atoms with Crippen LogP contribution in [0.1, 0.15) is 12.5 Å². The number of ether oxygens (including phenoxy) is 1. The molecule has 1 rings (SSSR count). The predicted molar refractivity (Wildman–Crippen MR) is 70.7 cm³/mol. The van der Waals surface area contributed by atoms with Crippen LogP contribution in [0, 0.1) is 0 Å². The first-order valence-corrected chi connectivity index (χ1v) is 7.65. The zero-order valence-electron chi connectivity index (χ0n) is 10.8. The van der Waals surface area contributed by atoms with E-state index in [9.17, 15) is 13.5 Å². The summed E-state index contributed by atoms with van der Waals surface area (Å²) >= 11 is 0. The van der Waals surface area contributed by atoms with Gasteiger partial charge >= 0.3 is 0 Å². The van der Waals surface area contributed by atoms with Gasteiger partial charge in [0, 0.05) is 18.8 Å². The lowest BCUT2D eigenvalue weighted by Gasteiger charge is -2.13. The fraction of sp³-hybridized carbons (Fsp3) is 0.500. The molecule has 1 atom stereocenters. The molecule has 6 heteroatoms.